The molecule has 0 aliphatic rings. The third-order valence-electron chi connectivity index (χ3n) is 11.3. The van der Waals surface area contributed by atoms with E-state index in [1.54, 1.807) is 129 Å². The predicted molar refractivity (Wildman–Crippen MR) is 350 cm³/mol. The first-order valence-electron chi connectivity index (χ1n) is 27.4. The molecule has 0 aliphatic heterocycles. The van der Waals surface area contributed by atoms with E-state index in [-0.39, 0.29) is 111 Å². The van der Waals surface area contributed by atoms with Crippen LogP contribution in [0.5, 0.6) is 46.0 Å². The van der Waals surface area contributed by atoms with E-state index in [4.69, 9.17) is 52.9 Å². The average Bonchev–Trinajstić information content (AvgIpc) is 2.56. The average molecular weight is 1290 g/mol. The number of phenolic OH excluding ortho intramolecular Hbond substituents is 7. The Balaban J connectivity index is -0.00000104. The van der Waals surface area contributed by atoms with Gasteiger partial charge in [-0.1, -0.05) is 62.1 Å². The van der Waals surface area contributed by atoms with Crippen LogP contribution in [0, 0.1) is 50.1 Å². The summed E-state index contributed by atoms with van der Waals surface area (Å²) < 4.78 is 21.3. The first-order valence-corrected chi connectivity index (χ1v) is 26.7. The van der Waals surface area contributed by atoms with Crippen LogP contribution in [0.3, 0.4) is 0 Å². The molecule has 10 N–H and O–H groups in total. The monoisotopic (exact) mass is 1280 g/mol. The number of diazo groups is 1. The van der Waals surface area contributed by atoms with Gasteiger partial charge >= 0.3 is 64.8 Å². The van der Waals surface area contributed by atoms with Crippen molar-refractivity contribution in [3.63, 3.8) is 0 Å². The fourth-order valence-corrected chi connectivity index (χ4v) is 6.53. The number of nitrogens with two attached hydrogens (primary N) is 1. The topological polar surface area (TPSA) is 362 Å². The Morgan fingerprint density at radius 2 is 0.824 bits per heavy atom. The Hall–Kier alpha value is -9.02. The number of para-hydroxylation sites is 1. The van der Waals surface area contributed by atoms with Crippen LogP contribution in [0.25, 0.3) is 4.98 Å². The molecule has 0 heterocycles. The minimum atomic E-state index is -1.00. The molecule has 0 spiro atoms. The van der Waals surface area contributed by atoms with E-state index in [9.17, 15) is 14.6 Å². The summed E-state index contributed by atoms with van der Waals surface area (Å²) in [6, 6.07) is 56.5. The Morgan fingerprint density at radius 3 is 1.16 bits per heavy atom. The van der Waals surface area contributed by atoms with Gasteiger partial charge in [-0.25, -0.2) is 0 Å². The van der Waals surface area contributed by atoms with Crippen molar-refractivity contribution in [1.29, 1.82) is 5.39 Å². The van der Waals surface area contributed by atoms with E-state index >= 15 is 0 Å². The van der Waals surface area contributed by atoms with E-state index in [1.165, 1.54) is 49.1 Å². The van der Waals surface area contributed by atoms with Crippen LogP contribution in [0.15, 0.2) is 236 Å². The van der Waals surface area contributed by atoms with Crippen LogP contribution in [0.4, 0.5) is 49.9 Å². The quantitative estimate of drug-likeness (QED) is 0.00825. The number of hydrogen-bond donors (Lipinski definition) is 8. The number of anilines is 1. The van der Waals surface area contributed by atoms with Gasteiger partial charge in [-0.2, -0.15) is 30.7 Å². The van der Waals surface area contributed by atoms with Gasteiger partial charge in [0.15, 0.2) is 4.98 Å². The molecule has 0 unspecified atom stereocenters. The maximum atomic E-state index is 9.96. The molecule has 0 aromatic heterocycles. The molecule has 0 atom stereocenters. The number of unbranched alkanes of at least 4 members (excludes halogenated alkanes) is 3. The number of rotatable bonds is 12. The first kappa shape index (κ1) is 84.0. The van der Waals surface area contributed by atoms with Crippen LogP contribution in [-0.4, -0.2) is 55.0 Å². The van der Waals surface area contributed by atoms with Crippen LogP contribution >= 0.6 is 12.4 Å². The zero-order valence-electron chi connectivity index (χ0n) is 53.0. The fraction of sp³-hybridized carbons (Fsp3) is 0.182. The molecule has 9 aromatic carbocycles. The smallest absolute Gasteiger partial charge is 0.870 e. The van der Waals surface area contributed by atoms with Gasteiger partial charge in [0.05, 0.1) is 49.3 Å². The van der Waals surface area contributed by atoms with Crippen molar-refractivity contribution in [2.45, 2.75) is 67.2 Å². The first-order chi connectivity index (χ1) is 42.2. The number of phenols is 7. The molecule has 0 aliphatic carbocycles. The number of nitrogen functional groups attached to an aromatic ring is 1. The normalized spacial score (nSPS) is 9.63. The number of alkyl halides is 1. The third-order valence-corrected chi connectivity index (χ3v) is 11.3. The molecular weight excluding hydrogens is 1210 g/mol. The SMILES string of the molecule is CCCCCCOc1ccc(N=Nc2ccc(C)cc2)cc1C.Cc1cc(N=Nc2ccc(O)cc2)ccc1O.Cc1cc(N=Nc2ccc(O)cc2)ccc1O.Cc1ccccc1O.Cl.N#[N+]c1ccc(O)cc1.Nc1ccc(O)cc1.O=N[O-].[2H]CF.[Na+].[Na+].[OH-]. The summed E-state index contributed by atoms with van der Waals surface area (Å²) in [6.07, 6.45) is 4.88. The number of ether oxygens (including phenoxy) is 1. The standard InChI is InChI=1S/C20H26N2O.2C13H12N2O2.C7H8O.C6H4N2O.C6H7NO.CH3F.ClH.HNO2.2Na.H2O/c1-4-5-6-7-14-23-20-13-12-19(15-17(20)3)22-21-18-10-8-16(2)9-11-18;2*1-9-8-11(4-7-13(9)17)15-14-10-2-5-12(16)6-3-10;1-6-4-2-3-5-7(6)8;7-8-5-1-3-6(9)4-2-5;7-5-1-3-6(8)4-2-5;1-2;;2-1-3;;;/h8-13,15H,4-7,14H2,1-3H3;2*2-8,16-17H,1H3;2-5,8H,1H3;1-4H;1-4,8H,7H2;1H3;1H;(H,2,3);;;1H2/q;;;;;;;;;2*+1;/p-1/i;;;;;;1D;;;;;. The maximum Gasteiger partial charge on any atom is 1.00 e. The Labute approximate surface area is 581 Å². The summed E-state index contributed by atoms with van der Waals surface area (Å²) in [7, 11) is -1.00. The van der Waals surface area contributed by atoms with Crippen molar-refractivity contribution in [3.05, 3.63) is 243 Å². The van der Waals surface area contributed by atoms with Crippen LogP contribution in [0.1, 0.15) is 61.8 Å². The van der Waals surface area contributed by atoms with Gasteiger partial charge in [0.1, 0.15) is 46.0 Å². The predicted octanol–water partition coefficient (Wildman–Crippen LogP) is 14.0. The molecule has 21 nitrogen and oxygen atoms in total. The van der Waals surface area contributed by atoms with Crippen LogP contribution in [0.2, 0.25) is 0 Å². The van der Waals surface area contributed by atoms with Gasteiger partial charge < -0.3 is 61.8 Å². The van der Waals surface area contributed by atoms with Crippen molar-refractivity contribution in [3.8, 4) is 46.0 Å². The molecule has 25 heteroatoms. The maximum absolute atomic E-state index is 9.96. The van der Waals surface area contributed by atoms with E-state index in [1.807, 2.05) is 74.5 Å². The second-order valence-corrected chi connectivity index (χ2v) is 18.3. The molecule has 91 heavy (non-hydrogen) atoms. The van der Waals surface area contributed by atoms with Gasteiger partial charge in [0, 0.05) is 17.8 Å². The van der Waals surface area contributed by atoms with E-state index in [0.29, 0.717) is 39.9 Å². The van der Waals surface area contributed by atoms with Crippen LogP contribution in [-0.2, 0) is 0 Å². The number of benzene rings is 9. The third kappa shape index (κ3) is 38.2. The van der Waals surface area contributed by atoms with E-state index < -0.39 is 7.15 Å². The van der Waals surface area contributed by atoms with Crippen molar-refractivity contribution in [2.24, 2.45) is 36.0 Å². The van der Waals surface area contributed by atoms with Gasteiger partial charge in [-0.05, 0) is 221 Å². The minimum Gasteiger partial charge on any atom is -0.870 e. The van der Waals surface area contributed by atoms with Crippen molar-refractivity contribution < 1.29 is 111 Å². The molecule has 0 bridgehead atoms. The minimum absolute atomic E-state index is 0. The molecule has 0 amide bonds. The molecule has 9 rings (SSSR count). The van der Waals surface area contributed by atoms with Gasteiger partial charge in [0.2, 0.25) is 5.39 Å². The largest absolute Gasteiger partial charge is 1.00 e. The van der Waals surface area contributed by atoms with Crippen LogP contribution < -0.4 is 69.6 Å². The zero-order valence-corrected chi connectivity index (χ0v) is 56.8. The molecule has 9 aromatic rings. The summed E-state index contributed by atoms with van der Waals surface area (Å²) in [5.41, 5.74) is 15.6. The second kappa shape index (κ2) is 50.8. The summed E-state index contributed by atoms with van der Waals surface area (Å²) in [5, 5.41) is 105. The van der Waals surface area contributed by atoms with E-state index in [2.05, 4.69) is 49.5 Å². The Bertz CT molecular complexity index is 3440. The molecule has 470 valence electrons. The fourth-order valence-electron chi connectivity index (χ4n) is 6.53. The summed E-state index contributed by atoms with van der Waals surface area (Å²) in [4.78, 5) is 10.9. The number of hydrogen-bond acceptors (Lipinski definition) is 20. The number of halogens is 2. The van der Waals surface area contributed by atoms with Crippen molar-refractivity contribution in [2.75, 3.05) is 19.5 Å². The van der Waals surface area contributed by atoms with Gasteiger partial charge in [0.25, 0.3) is 0 Å². The van der Waals surface area contributed by atoms with Gasteiger partial charge in [-0.15, -0.1) is 17.7 Å². The number of nitrogens with zero attached hydrogens (tertiary/aromatic N) is 9. The molecule has 0 saturated heterocycles. The van der Waals surface area contributed by atoms with Gasteiger partial charge in [-0.3, -0.25) is 4.39 Å². The molecule has 0 radical (unpaired) electrons. The molecule has 0 fully saturated rings. The van der Waals surface area contributed by atoms with Crippen molar-refractivity contribution in [1.82, 2.24) is 0 Å². The number of azo groups is 3. The summed E-state index contributed by atoms with van der Waals surface area (Å²) in [5.74, 6) is 2.61. The van der Waals surface area contributed by atoms with Crippen molar-refractivity contribution >= 4 is 57.9 Å². The number of aryl methyl sites for hydroxylation is 5. The molecule has 0 saturated carbocycles. The number of aromatic hydroxyl groups is 7. The Morgan fingerprint density at radius 1 is 0.495 bits per heavy atom. The second-order valence-electron chi connectivity index (χ2n) is 18.3. The summed E-state index contributed by atoms with van der Waals surface area (Å²) in [6.45, 7) is 12.6. The summed E-state index contributed by atoms with van der Waals surface area (Å²) >= 11 is 0. The zero-order chi connectivity index (χ0) is 65.1. The molecular formula is C66H75ClFN10Na2O11+. The van der Waals surface area contributed by atoms with E-state index in [0.717, 1.165) is 57.7 Å². The Kier molecular flexibility index (Phi) is 46.9.